The van der Waals surface area contributed by atoms with Crippen LogP contribution in [0.5, 0.6) is 0 Å². The molecule has 4 nitrogen and oxygen atoms in total. The molecule has 12 rings (SSSR count). The van der Waals surface area contributed by atoms with Gasteiger partial charge in [0.15, 0.2) is 0 Å². The largest absolute Gasteiger partial charge is 0.317 e. The third-order valence-corrected chi connectivity index (χ3v) is 11.6. The van der Waals surface area contributed by atoms with E-state index in [0.717, 1.165) is 22.7 Å². The van der Waals surface area contributed by atoms with Gasteiger partial charge in [0.1, 0.15) is 0 Å². The van der Waals surface area contributed by atoms with Crippen LogP contribution in [0.1, 0.15) is 0 Å². The zero-order valence-electron chi connectivity index (χ0n) is 30.4. The topological polar surface area (TPSA) is 19.7 Å². The summed E-state index contributed by atoms with van der Waals surface area (Å²) in [4.78, 5) is 0. The van der Waals surface area contributed by atoms with E-state index in [2.05, 4.69) is 225 Å². The number of para-hydroxylation sites is 4. The molecule has 0 saturated heterocycles. The number of rotatable bonds is 5. The van der Waals surface area contributed by atoms with Gasteiger partial charge in [-0.2, -0.15) is 0 Å². The molecule has 0 spiro atoms. The zero-order chi connectivity index (χ0) is 36.7. The number of benzene rings is 8. The molecule has 0 atom stereocenters. The molecule has 4 aromatic heterocycles. The number of fused-ring (bicyclic) bond motifs is 10. The molecule has 4 heteroatoms. The third kappa shape index (κ3) is 4.47. The monoisotopic (exact) mass is 714 g/mol. The molecular formula is C52H34N4. The van der Waals surface area contributed by atoms with Gasteiger partial charge in [-0.05, 0) is 102 Å². The molecule has 0 aliphatic heterocycles. The fraction of sp³-hybridized carbons (Fsp3) is 0. The zero-order valence-corrected chi connectivity index (χ0v) is 30.4. The highest BCUT2D eigenvalue weighted by atomic mass is 15.0. The fourth-order valence-corrected chi connectivity index (χ4v) is 9.20. The van der Waals surface area contributed by atoms with Gasteiger partial charge in [-0.15, -0.1) is 0 Å². The Kier molecular flexibility index (Phi) is 6.60. The molecule has 0 aliphatic rings. The van der Waals surface area contributed by atoms with Gasteiger partial charge in [0, 0.05) is 67.5 Å². The first-order chi connectivity index (χ1) is 27.8. The van der Waals surface area contributed by atoms with Crippen molar-refractivity contribution >= 4 is 65.4 Å². The Morgan fingerprint density at radius 1 is 0.250 bits per heavy atom. The van der Waals surface area contributed by atoms with Gasteiger partial charge in [0.25, 0.3) is 0 Å². The maximum absolute atomic E-state index is 2.46. The maximum atomic E-state index is 2.46. The van der Waals surface area contributed by atoms with Crippen LogP contribution in [0, 0.1) is 0 Å². The summed E-state index contributed by atoms with van der Waals surface area (Å²) in [7, 11) is 0. The first kappa shape index (κ1) is 30.9. The molecule has 0 unspecified atom stereocenters. The van der Waals surface area contributed by atoms with E-state index in [-0.39, 0.29) is 0 Å². The molecule has 0 saturated carbocycles. The second-order valence-electron chi connectivity index (χ2n) is 14.6. The van der Waals surface area contributed by atoms with Gasteiger partial charge in [-0.1, -0.05) is 103 Å². The number of aromatic nitrogens is 4. The molecule has 0 radical (unpaired) electrons. The molecule has 56 heavy (non-hydrogen) atoms. The lowest BCUT2D eigenvalue weighted by Crippen LogP contribution is -2.00. The summed E-state index contributed by atoms with van der Waals surface area (Å²) in [6.07, 6.45) is 4.40. The lowest BCUT2D eigenvalue weighted by Gasteiger charge is -2.16. The Bertz CT molecular complexity index is 3240. The van der Waals surface area contributed by atoms with Crippen LogP contribution in [0.25, 0.3) is 99.3 Å². The summed E-state index contributed by atoms with van der Waals surface area (Å²) in [5, 5.41) is 7.51. The van der Waals surface area contributed by atoms with Crippen LogP contribution in [0.2, 0.25) is 0 Å². The van der Waals surface area contributed by atoms with E-state index >= 15 is 0 Å². The van der Waals surface area contributed by atoms with E-state index in [1.807, 2.05) is 0 Å². The Hall–Kier alpha value is -7.56. The smallest absolute Gasteiger partial charge is 0.0548 e. The van der Waals surface area contributed by atoms with Gasteiger partial charge >= 0.3 is 0 Å². The molecule has 12 aromatic rings. The van der Waals surface area contributed by atoms with E-state index in [1.54, 1.807) is 0 Å². The molecule has 4 heterocycles. The second kappa shape index (κ2) is 12.0. The minimum atomic E-state index is 1.12. The Labute approximate surface area is 322 Å². The fourth-order valence-electron chi connectivity index (χ4n) is 9.20. The van der Waals surface area contributed by atoms with Crippen molar-refractivity contribution in [3.8, 4) is 33.9 Å². The minimum Gasteiger partial charge on any atom is -0.317 e. The Balaban J connectivity index is 1.15. The summed E-state index contributed by atoms with van der Waals surface area (Å²) in [6.45, 7) is 0. The highest BCUT2D eigenvalue weighted by Gasteiger charge is 2.21. The number of hydrogen-bond acceptors (Lipinski definition) is 0. The average Bonchev–Trinajstić information content (AvgIpc) is 4.05. The normalized spacial score (nSPS) is 11.9. The van der Waals surface area contributed by atoms with Gasteiger partial charge in [-0.3, -0.25) is 0 Å². The number of nitrogens with zero attached hydrogens (tertiary/aromatic N) is 4. The van der Waals surface area contributed by atoms with Gasteiger partial charge in [0.2, 0.25) is 0 Å². The van der Waals surface area contributed by atoms with E-state index in [9.17, 15) is 0 Å². The molecule has 0 N–H and O–H groups in total. The highest BCUT2D eigenvalue weighted by Crippen LogP contribution is 2.42. The molecule has 262 valence electrons. The first-order valence-electron chi connectivity index (χ1n) is 19.2. The Morgan fingerprint density at radius 3 is 1.12 bits per heavy atom. The SMILES string of the molecule is c1ccc(-c2cc(-n3c4ccccc4c4c5ccn(-c6ccccc6)c5ccc43)cc(-n3c4ccccc4c4c5ccn(-c6ccccc6)c5ccc43)c2)cc1. The van der Waals surface area contributed by atoms with Crippen LogP contribution in [0.4, 0.5) is 0 Å². The summed E-state index contributed by atoms with van der Waals surface area (Å²) >= 11 is 0. The van der Waals surface area contributed by atoms with Crippen LogP contribution in [0.15, 0.2) is 207 Å². The van der Waals surface area contributed by atoms with Gasteiger partial charge < -0.3 is 18.3 Å². The van der Waals surface area contributed by atoms with Crippen LogP contribution in [0.3, 0.4) is 0 Å². The lowest BCUT2D eigenvalue weighted by atomic mass is 10.0. The maximum Gasteiger partial charge on any atom is 0.0548 e. The van der Waals surface area contributed by atoms with Gasteiger partial charge in [0.05, 0.1) is 33.1 Å². The second-order valence-corrected chi connectivity index (χ2v) is 14.6. The van der Waals surface area contributed by atoms with E-state index in [4.69, 9.17) is 0 Å². The van der Waals surface area contributed by atoms with Crippen molar-refractivity contribution in [1.29, 1.82) is 0 Å². The van der Waals surface area contributed by atoms with Crippen molar-refractivity contribution in [3.63, 3.8) is 0 Å². The van der Waals surface area contributed by atoms with Crippen molar-refractivity contribution in [2.75, 3.05) is 0 Å². The summed E-state index contributed by atoms with van der Waals surface area (Å²) in [5.41, 5.74) is 14.0. The Morgan fingerprint density at radius 2 is 0.643 bits per heavy atom. The summed E-state index contributed by atoms with van der Waals surface area (Å²) in [5.74, 6) is 0. The lowest BCUT2D eigenvalue weighted by molar-refractivity contribution is 1.12. The molecule has 0 fully saturated rings. The van der Waals surface area contributed by atoms with Crippen LogP contribution in [-0.2, 0) is 0 Å². The van der Waals surface area contributed by atoms with Crippen molar-refractivity contribution in [3.05, 3.63) is 207 Å². The van der Waals surface area contributed by atoms with E-state index < -0.39 is 0 Å². The number of hydrogen-bond donors (Lipinski definition) is 0. The first-order valence-corrected chi connectivity index (χ1v) is 19.2. The molecular weight excluding hydrogens is 681 g/mol. The van der Waals surface area contributed by atoms with Crippen molar-refractivity contribution < 1.29 is 0 Å². The molecule has 0 aliphatic carbocycles. The standard InChI is InChI=1S/C52H34N4/c1-4-14-35(15-5-1)36-32-39(55-47-22-12-10-20-41(47)51-43-28-30-53(37-16-6-2-7-17-37)45(43)24-26-49(51)55)34-40(33-36)56-48-23-13-11-21-42(48)52-44-29-31-54(38-18-8-3-9-19-38)46(44)25-27-50(52)56/h1-34H. The predicted octanol–water partition coefficient (Wildman–Crippen LogP) is 13.4. The van der Waals surface area contributed by atoms with E-state index in [0.29, 0.717) is 0 Å². The molecule has 8 aromatic carbocycles. The quantitative estimate of drug-likeness (QED) is 0.169. The predicted molar refractivity (Wildman–Crippen MR) is 234 cm³/mol. The third-order valence-electron chi connectivity index (χ3n) is 11.6. The van der Waals surface area contributed by atoms with Crippen molar-refractivity contribution in [1.82, 2.24) is 18.3 Å². The van der Waals surface area contributed by atoms with Crippen LogP contribution in [-0.4, -0.2) is 18.3 Å². The molecule has 0 bridgehead atoms. The minimum absolute atomic E-state index is 1.12. The van der Waals surface area contributed by atoms with Crippen molar-refractivity contribution in [2.24, 2.45) is 0 Å². The summed E-state index contributed by atoms with van der Waals surface area (Å²) < 4.78 is 9.52. The summed E-state index contributed by atoms with van der Waals surface area (Å²) in [6, 6.07) is 70.5. The highest BCUT2D eigenvalue weighted by molar-refractivity contribution is 6.22. The van der Waals surface area contributed by atoms with Crippen LogP contribution < -0.4 is 0 Å². The van der Waals surface area contributed by atoms with Crippen LogP contribution >= 0.6 is 0 Å². The average molecular weight is 715 g/mol. The molecule has 0 amide bonds. The van der Waals surface area contributed by atoms with Crippen molar-refractivity contribution in [2.45, 2.75) is 0 Å². The van der Waals surface area contributed by atoms with Gasteiger partial charge in [-0.25, -0.2) is 0 Å². The van der Waals surface area contributed by atoms with E-state index in [1.165, 1.54) is 76.5 Å².